The molecule has 0 radical (unpaired) electrons. The number of hydrogen-bond donors (Lipinski definition) is 2. The number of nitrogens with one attached hydrogen (secondary N) is 2. The van der Waals surface area contributed by atoms with Gasteiger partial charge in [-0.2, -0.15) is 0 Å². The Hall–Kier alpha value is -3.48. The molecule has 0 aliphatic rings. The van der Waals surface area contributed by atoms with Crippen molar-refractivity contribution < 1.29 is 4.79 Å². The van der Waals surface area contributed by atoms with E-state index < -0.39 is 0 Å². The van der Waals surface area contributed by atoms with E-state index in [0.717, 1.165) is 22.0 Å². The molecule has 2 N–H and O–H groups in total. The standard InChI is InChI=1S/C23H17Cl2N5O/c1-2-14-5-9-18-19(11-14)29-23(25)30-21(18)27-12-15-3-7-17(8-4-15)28-22(31)16-6-10-20(24)26-13-16/h2-11,13H,1,12H2,(H,28,31)(H,27,29,30). The molecule has 0 aliphatic carbocycles. The fourth-order valence-electron chi connectivity index (χ4n) is 2.99. The number of carbonyl (C=O) groups is 1. The molecule has 6 nitrogen and oxygen atoms in total. The second-order valence-corrected chi connectivity index (χ2v) is 7.42. The van der Waals surface area contributed by atoms with Crippen LogP contribution < -0.4 is 10.6 Å². The summed E-state index contributed by atoms with van der Waals surface area (Å²) in [5.41, 5.74) is 3.82. The molecule has 1 amide bonds. The number of amides is 1. The molecular formula is C23H17Cl2N5O. The lowest BCUT2D eigenvalue weighted by Gasteiger charge is -2.11. The van der Waals surface area contributed by atoms with E-state index in [1.165, 1.54) is 6.20 Å². The van der Waals surface area contributed by atoms with E-state index in [9.17, 15) is 4.79 Å². The van der Waals surface area contributed by atoms with Crippen LogP contribution in [0.5, 0.6) is 0 Å². The van der Waals surface area contributed by atoms with Gasteiger partial charge >= 0.3 is 0 Å². The monoisotopic (exact) mass is 449 g/mol. The van der Waals surface area contributed by atoms with Crippen LogP contribution in [0, 0.1) is 0 Å². The number of aromatic nitrogens is 3. The summed E-state index contributed by atoms with van der Waals surface area (Å²) in [6, 6.07) is 16.5. The Balaban J connectivity index is 1.44. The van der Waals surface area contributed by atoms with Crippen LogP contribution in [-0.2, 0) is 6.54 Å². The molecule has 2 aromatic carbocycles. The summed E-state index contributed by atoms with van der Waals surface area (Å²) in [6.07, 6.45) is 3.19. The number of halogens is 2. The molecule has 0 bridgehead atoms. The summed E-state index contributed by atoms with van der Waals surface area (Å²) in [5.74, 6) is 0.397. The van der Waals surface area contributed by atoms with Crippen LogP contribution in [-0.4, -0.2) is 20.9 Å². The van der Waals surface area contributed by atoms with Crippen molar-refractivity contribution in [3.8, 4) is 0 Å². The SMILES string of the molecule is C=Cc1ccc2c(NCc3ccc(NC(=O)c4ccc(Cl)nc4)cc3)nc(Cl)nc2c1. The highest BCUT2D eigenvalue weighted by Crippen LogP contribution is 2.24. The van der Waals surface area contributed by atoms with Crippen molar-refractivity contribution in [2.24, 2.45) is 0 Å². The molecule has 8 heteroatoms. The molecule has 0 aliphatic heterocycles. The molecule has 0 unspecified atom stereocenters. The second kappa shape index (κ2) is 9.12. The van der Waals surface area contributed by atoms with Crippen molar-refractivity contribution in [1.82, 2.24) is 15.0 Å². The number of benzene rings is 2. The zero-order chi connectivity index (χ0) is 21.8. The summed E-state index contributed by atoms with van der Waals surface area (Å²) in [6.45, 7) is 4.31. The highest BCUT2D eigenvalue weighted by atomic mass is 35.5. The number of rotatable bonds is 6. The average Bonchev–Trinajstić information content (AvgIpc) is 2.78. The summed E-state index contributed by atoms with van der Waals surface area (Å²) < 4.78 is 0. The first-order chi connectivity index (χ1) is 15.0. The van der Waals surface area contributed by atoms with Gasteiger partial charge in [0.25, 0.3) is 5.91 Å². The van der Waals surface area contributed by atoms with Crippen molar-refractivity contribution in [3.63, 3.8) is 0 Å². The van der Waals surface area contributed by atoms with Gasteiger partial charge < -0.3 is 10.6 Å². The average molecular weight is 450 g/mol. The molecular weight excluding hydrogens is 433 g/mol. The molecule has 0 spiro atoms. The minimum Gasteiger partial charge on any atom is -0.365 e. The van der Waals surface area contributed by atoms with Crippen molar-refractivity contribution >= 4 is 57.6 Å². The lowest BCUT2D eigenvalue weighted by molar-refractivity contribution is 0.102. The maximum atomic E-state index is 12.3. The molecule has 0 atom stereocenters. The number of carbonyl (C=O) groups excluding carboxylic acids is 1. The largest absolute Gasteiger partial charge is 0.365 e. The van der Waals surface area contributed by atoms with E-state index in [4.69, 9.17) is 23.2 Å². The minimum atomic E-state index is -0.254. The maximum absolute atomic E-state index is 12.3. The number of anilines is 2. The van der Waals surface area contributed by atoms with Crippen LogP contribution in [0.1, 0.15) is 21.5 Å². The van der Waals surface area contributed by atoms with Crippen molar-refractivity contribution in [3.05, 3.63) is 94.5 Å². The summed E-state index contributed by atoms with van der Waals surface area (Å²) in [7, 11) is 0. The molecule has 154 valence electrons. The third kappa shape index (κ3) is 4.99. The van der Waals surface area contributed by atoms with Gasteiger partial charge in [-0.1, -0.05) is 42.5 Å². The van der Waals surface area contributed by atoms with Crippen molar-refractivity contribution in [2.45, 2.75) is 6.54 Å². The van der Waals surface area contributed by atoms with Crippen molar-refractivity contribution in [1.29, 1.82) is 0 Å². The number of fused-ring (bicyclic) bond motifs is 1. The highest BCUT2D eigenvalue weighted by Gasteiger charge is 2.09. The fourth-order valence-corrected chi connectivity index (χ4v) is 3.27. The van der Waals surface area contributed by atoms with E-state index in [2.05, 4.69) is 32.2 Å². The lowest BCUT2D eigenvalue weighted by Crippen LogP contribution is -2.12. The zero-order valence-electron chi connectivity index (χ0n) is 16.3. The first kappa shape index (κ1) is 20.8. The number of pyridine rings is 1. The Morgan fingerprint density at radius 1 is 1.03 bits per heavy atom. The quantitative estimate of drug-likeness (QED) is 0.285. The van der Waals surface area contributed by atoms with E-state index in [0.29, 0.717) is 28.8 Å². The van der Waals surface area contributed by atoms with Crippen LogP contribution in [0.2, 0.25) is 10.4 Å². The van der Waals surface area contributed by atoms with Gasteiger partial charge in [0, 0.05) is 23.8 Å². The molecule has 0 fully saturated rings. The third-order valence-electron chi connectivity index (χ3n) is 4.59. The van der Waals surface area contributed by atoms with E-state index in [1.54, 1.807) is 18.2 Å². The summed E-state index contributed by atoms with van der Waals surface area (Å²) in [5, 5.41) is 7.52. The van der Waals surface area contributed by atoms with Gasteiger partial charge in [0.15, 0.2) is 0 Å². The van der Waals surface area contributed by atoms with Crippen LogP contribution in [0.25, 0.3) is 17.0 Å². The van der Waals surface area contributed by atoms with Crippen LogP contribution >= 0.6 is 23.2 Å². The van der Waals surface area contributed by atoms with Crippen molar-refractivity contribution in [2.75, 3.05) is 10.6 Å². The Bertz CT molecular complexity index is 1260. The van der Waals surface area contributed by atoms with Gasteiger partial charge in [0.1, 0.15) is 11.0 Å². The summed E-state index contributed by atoms with van der Waals surface area (Å²) in [4.78, 5) is 24.8. The van der Waals surface area contributed by atoms with Gasteiger partial charge in [-0.3, -0.25) is 4.79 Å². The predicted molar refractivity (Wildman–Crippen MR) is 126 cm³/mol. The maximum Gasteiger partial charge on any atom is 0.257 e. The first-order valence-corrected chi connectivity index (χ1v) is 10.1. The smallest absolute Gasteiger partial charge is 0.257 e. The van der Waals surface area contributed by atoms with E-state index in [-0.39, 0.29) is 11.2 Å². The normalized spacial score (nSPS) is 10.6. The minimum absolute atomic E-state index is 0.172. The molecule has 31 heavy (non-hydrogen) atoms. The molecule has 0 saturated carbocycles. The molecule has 2 aromatic heterocycles. The summed E-state index contributed by atoms with van der Waals surface area (Å²) >= 11 is 11.8. The van der Waals surface area contributed by atoms with Gasteiger partial charge in [-0.15, -0.1) is 0 Å². The number of nitrogens with zero attached hydrogens (tertiary/aromatic N) is 3. The third-order valence-corrected chi connectivity index (χ3v) is 4.98. The number of hydrogen-bond acceptors (Lipinski definition) is 5. The predicted octanol–water partition coefficient (Wildman–Crippen LogP) is 5.84. The van der Waals surface area contributed by atoms with Crippen LogP contribution in [0.3, 0.4) is 0 Å². The van der Waals surface area contributed by atoms with Gasteiger partial charge in [-0.25, -0.2) is 15.0 Å². The van der Waals surface area contributed by atoms with E-state index in [1.807, 2.05) is 42.5 Å². The first-order valence-electron chi connectivity index (χ1n) is 9.37. The highest BCUT2D eigenvalue weighted by molar-refractivity contribution is 6.29. The lowest BCUT2D eigenvalue weighted by atomic mass is 10.1. The van der Waals surface area contributed by atoms with Gasteiger partial charge in [0.05, 0.1) is 11.1 Å². The fraction of sp³-hybridized carbons (Fsp3) is 0.0435. The Labute approximate surface area is 189 Å². The van der Waals surface area contributed by atoms with Crippen LogP contribution in [0.4, 0.5) is 11.5 Å². The van der Waals surface area contributed by atoms with Gasteiger partial charge in [0.2, 0.25) is 5.28 Å². The second-order valence-electron chi connectivity index (χ2n) is 6.70. The van der Waals surface area contributed by atoms with E-state index >= 15 is 0 Å². The molecule has 2 heterocycles. The molecule has 0 saturated heterocycles. The van der Waals surface area contributed by atoms with Gasteiger partial charge in [-0.05, 0) is 59.1 Å². The Kier molecular flexibility index (Phi) is 6.11. The van der Waals surface area contributed by atoms with Crippen LogP contribution in [0.15, 0.2) is 67.4 Å². The topological polar surface area (TPSA) is 79.8 Å². The zero-order valence-corrected chi connectivity index (χ0v) is 17.8. The molecule has 4 aromatic rings. The molecule has 4 rings (SSSR count). The Morgan fingerprint density at radius 2 is 1.84 bits per heavy atom. The Morgan fingerprint density at radius 3 is 2.55 bits per heavy atom.